The molecule has 1 nitrogen and oxygen atoms in total. The molecule has 4 unspecified atom stereocenters. The first-order valence-corrected chi connectivity index (χ1v) is 9.37. The molecular weight excluding hydrogens is 302 g/mol. The second kappa shape index (κ2) is 6.07. The Labute approximate surface area is 149 Å². The zero-order valence-corrected chi connectivity index (χ0v) is 14.3. The van der Waals surface area contributed by atoms with Crippen molar-refractivity contribution < 1.29 is 0 Å². The van der Waals surface area contributed by atoms with Crippen molar-refractivity contribution in [1.82, 2.24) is 5.32 Å². The molecule has 2 aromatic rings. The van der Waals surface area contributed by atoms with Gasteiger partial charge in [0.15, 0.2) is 0 Å². The van der Waals surface area contributed by atoms with Crippen LogP contribution in [0.4, 0.5) is 0 Å². The molecule has 0 aromatic heterocycles. The van der Waals surface area contributed by atoms with Crippen molar-refractivity contribution in [3.8, 4) is 0 Å². The minimum atomic E-state index is 0.422. The highest BCUT2D eigenvalue weighted by Gasteiger charge is 2.42. The van der Waals surface area contributed by atoms with Crippen LogP contribution in [0.25, 0.3) is 0 Å². The van der Waals surface area contributed by atoms with Gasteiger partial charge in [0, 0.05) is 23.5 Å². The van der Waals surface area contributed by atoms with Gasteiger partial charge in [-0.25, -0.2) is 0 Å². The minimum Gasteiger partial charge on any atom is -0.381 e. The first kappa shape index (κ1) is 14.8. The predicted octanol–water partition coefficient (Wildman–Crippen LogP) is 5.32. The van der Waals surface area contributed by atoms with Gasteiger partial charge in [-0.3, -0.25) is 0 Å². The quantitative estimate of drug-likeness (QED) is 0.788. The summed E-state index contributed by atoms with van der Waals surface area (Å²) in [6.07, 6.45) is 11.6. The normalized spacial score (nSPS) is 29.9. The summed E-state index contributed by atoms with van der Waals surface area (Å²) in [5.41, 5.74) is 6.02. The molecule has 5 rings (SSSR count). The number of rotatable bonds is 2. The van der Waals surface area contributed by atoms with E-state index in [-0.39, 0.29) is 0 Å². The fourth-order valence-corrected chi connectivity index (χ4v) is 4.89. The van der Waals surface area contributed by atoms with Crippen LogP contribution in [0, 0.1) is 5.92 Å². The molecule has 25 heavy (non-hydrogen) atoms. The van der Waals surface area contributed by atoms with E-state index in [2.05, 4.69) is 90.3 Å². The fourth-order valence-electron chi connectivity index (χ4n) is 4.89. The smallest absolute Gasteiger partial charge is 0.0545 e. The van der Waals surface area contributed by atoms with Gasteiger partial charge < -0.3 is 5.32 Å². The lowest BCUT2D eigenvalue weighted by Gasteiger charge is -2.33. The Bertz CT molecular complexity index is 844. The summed E-state index contributed by atoms with van der Waals surface area (Å²) in [5, 5.41) is 3.88. The lowest BCUT2D eigenvalue weighted by molar-refractivity contribution is 0.534. The third kappa shape index (κ3) is 2.46. The van der Waals surface area contributed by atoms with E-state index < -0.39 is 0 Å². The van der Waals surface area contributed by atoms with Gasteiger partial charge in [-0.1, -0.05) is 85.0 Å². The molecule has 2 aromatic carbocycles. The zero-order valence-electron chi connectivity index (χ0n) is 14.3. The summed E-state index contributed by atoms with van der Waals surface area (Å²) in [5.74, 6) is 1.54. The van der Waals surface area contributed by atoms with Gasteiger partial charge >= 0.3 is 0 Å². The van der Waals surface area contributed by atoms with Crippen LogP contribution in [0.3, 0.4) is 0 Å². The van der Waals surface area contributed by atoms with E-state index >= 15 is 0 Å². The Morgan fingerprint density at radius 1 is 0.680 bits per heavy atom. The summed E-state index contributed by atoms with van der Waals surface area (Å²) in [4.78, 5) is 0. The first-order chi connectivity index (χ1) is 12.4. The van der Waals surface area contributed by atoms with E-state index in [9.17, 15) is 0 Å². The Hall–Kier alpha value is -2.54. The molecule has 1 heterocycles. The first-order valence-electron chi connectivity index (χ1n) is 9.37. The molecule has 1 N–H and O–H groups in total. The number of allylic oxidation sites excluding steroid dienone is 3. The second-order valence-electron chi connectivity index (χ2n) is 7.34. The van der Waals surface area contributed by atoms with Crippen molar-refractivity contribution in [2.75, 3.05) is 0 Å². The molecule has 1 heteroatoms. The van der Waals surface area contributed by atoms with Crippen molar-refractivity contribution >= 4 is 0 Å². The zero-order chi connectivity index (χ0) is 16.6. The second-order valence-corrected chi connectivity index (χ2v) is 7.34. The topological polar surface area (TPSA) is 12.0 Å². The van der Waals surface area contributed by atoms with Crippen molar-refractivity contribution in [3.63, 3.8) is 0 Å². The largest absolute Gasteiger partial charge is 0.381 e. The van der Waals surface area contributed by atoms with E-state index in [4.69, 9.17) is 0 Å². The third-order valence-corrected chi connectivity index (χ3v) is 6.00. The van der Waals surface area contributed by atoms with Crippen LogP contribution in [0.1, 0.15) is 35.8 Å². The van der Waals surface area contributed by atoms with Gasteiger partial charge in [0.2, 0.25) is 0 Å². The summed E-state index contributed by atoms with van der Waals surface area (Å²) in [7, 11) is 0. The molecule has 0 saturated carbocycles. The number of nitrogens with one attached hydrogen (secondary N) is 1. The molecule has 3 aliphatic rings. The average molecular weight is 325 g/mol. The molecule has 0 saturated heterocycles. The van der Waals surface area contributed by atoms with E-state index in [1.54, 1.807) is 5.57 Å². The lowest BCUT2D eigenvalue weighted by atomic mass is 9.71. The SMILES string of the molecule is C1=CC2NC3=C(C(c4ccccc4)CCC3c3ccccc3)C2C=C1. The van der Waals surface area contributed by atoms with Gasteiger partial charge in [-0.15, -0.1) is 0 Å². The molecule has 124 valence electrons. The van der Waals surface area contributed by atoms with Gasteiger partial charge in [-0.2, -0.15) is 0 Å². The molecule has 0 fully saturated rings. The summed E-state index contributed by atoms with van der Waals surface area (Å²) >= 11 is 0. The van der Waals surface area contributed by atoms with Crippen LogP contribution in [-0.2, 0) is 0 Å². The predicted molar refractivity (Wildman–Crippen MR) is 103 cm³/mol. The van der Waals surface area contributed by atoms with Crippen molar-refractivity contribution in [1.29, 1.82) is 0 Å². The summed E-state index contributed by atoms with van der Waals surface area (Å²) in [6.45, 7) is 0. The highest BCUT2D eigenvalue weighted by Crippen LogP contribution is 2.51. The standard InChI is InChI=1S/C24H23N/c1-3-9-17(10-4-1)19-15-16-20(18-11-5-2-6-12-18)24-23(19)21-13-7-8-14-22(21)25-24/h1-14,19-22,25H,15-16H2. The highest BCUT2D eigenvalue weighted by atomic mass is 15.0. The maximum atomic E-state index is 3.88. The molecule has 2 aliphatic carbocycles. The van der Waals surface area contributed by atoms with E-state index in [1.165, 1.54) is 29.7 Å². The molecule has 0 bridgehead atoms. The van der Waals surface area contributed by atoms with Gasteiger partial charge in [-0.05, 0) is 29.5 Å². The number of benzene rings is 2. The Kier molecular flexibility index (Phi) is 3.59. The molecule has 1 aliphatic heterocycles. The van der Waals surface area contributed by atoms with E-state index in [0.717, 1.165) is 0 Å². The maximum absolute atomic E-state index is 3.88. The maximum Gasteiger partial charge on any atom is 0.0545 e. The number of hydrogen-bond donors (Lipinski definition) is 1. The Morgan fingerprint density at radius 2 is 1.28 bits per heavy atom. The minimum absolute atomic E-state index is 0.422. The van der Waals surface area contributed by atoms with Crippen molar-refractivity contribution in [2.45, 2.75) is 30.7 Å². The average Bonchev–Trinajstić information content (AvgIpc) is 3.08. The summed E-state index contributed by atoms with van der Waals surface area (Å²) < 4.78 is 0. The molecule has 0 spiro atoms. The van der Waals surface area contributed by atoms with E-state index in [0.29, 0.717) is 23.8 Å². The molecule has 0 radical (unpaired) electrons. The van der Waals surface area contributed by atoms with Crippen LogP contribution in [-0.4, -0.2) is 6.04 Å². The van der Waals surface area contributed by atoms with Crippen LogP contribution < -0.4 is 5.32 Å². The molecule has 0 amide bonds. The monoisotopic (exact) mass is 325 g/mol. The Morgan fingerprint density at radius 3 is 2.00 bits per heavy atom. The fraction of sp³-hybridized carbons (Fsp3) is 0.250. The van der Waals surface area contributed by atoms with E-state index in [1.807, 2.05) is 0 Å². The number of fused-ring (bicyclic) bond motifs is 2. The van der Waals surface area contributed by atoms with Crippen molar-refractivity contribution in [2.24, 2.45) is 5.92 Å². The number of hydrogen-bond acceptors (Lipinski definition) is 1. The van der Waals surface area contributed by atoms with Crippen LogP contribution in [0.15, 0.2) is 96.2 Å². The van der Waals surface area contributed by atoms with Gasteiger partial charge in [0.05, 0.1) is 6.04 Å². The van der Waals surface area contributed by atoms with Crippen molar-refractivity contribution in [3.05, 3.63) is 107 Å². The summed E-state index contributed by atoms with van der Waals surface area (Å²) in [6, 6.07) is 22.5. The highest BCUT2D eigenvalue weighted by molar-refractivity contribution is 5.48. The third-order valence-electron chi connectivity index (χ3n) is 6.00. The Balaban J connectivity index is 1.62. The molecular formula is C24H23N. The lowest BCUT2D eigenvalue weighted by Crippen LogP contribution is -2.28. The van der Waals surface area contributed by atoms with Crippen LogP contribution in [0.2, 0.25) is 0 Å². The van der Waals surface area contributed by atoms with Crippen LogP contribution in [0.5, 0.6) is 0 Å². The van der Waals surface area contributed by atoms with Crippen LogP contribution >= 0.6 is 0 Å². The molecule has 4 atom stereocenters. The van der Waals surface area contributed by atoms with Gasteiger partial charge in [0.25, 0.3) is 0 Å². The van der Waals surface area contributed by atoms with Gasteiger partial charge in [0.1, 0.15) is 0 Å².